The third kappa shape index (κ3) is 4.33. The molecule has 2 aromatic rings. The van der Waals surface area contributed by atoms with Crippen molar-refractivity contribution in [1.29, 1.82) is 0 Å². The Morgan fingerprint density at radius 1 is 1.33 bits per heavy atom. The Bertz CT molecular complexity index is 1060. The molecule has 2 aliphatic rings. The van der Waals surface area contributed by atoms with Gasteiger partial charge in [0.15, 0.2) is 0 Å². The van der Waals surface area contributed by atoms with Crippen molar-refractivity contribution < 1.29 is 32.5 Å². The number of hydrogen-bond acceptors (Lipinski definition) is 6. The molecule has 1 N–H and O–H groups in total. The highest BCUT2D eigenvalue weighted by Crippen LogP contribution is 2.51. The van der Waals surface area contributed by atoms with E-state index in [1.54, 1.807) is 14.2 Å². The lowest BCUT2D eigenvalue weighted by atomic mass is 9.80. The van der Waals surface area contributed by atoms with Gasteiger partial charge in [0.2, 0.25) is 0 Å². The molecule has 0 amide bonds. The van der Waals surface area contributed by atoms with Gasteiger partial charge in [-0.15, -0.1) is 17.8 Å². The molecule has 2 aliphatic heterocycles. The van der Waals surface area contributed by atoms with Gasteiger partial charge in [-0.05, 0) is 24.5 Å². The van der Waals surface area contributed by atoms with Crippen LogP contribution in [0.4, 0.5) is 13.2 Å². The molecule has 0 bridgehead atoms. The number of aliphatic hydroxyl groups excluding tert-OH is 1. The summed E-state index contributed by atoms with van der Waals surface area (Å²) in [6.07, 6.45) is 2.63. The number of terminal acetylenes is 1. The fraction of sp³-hybridized carbons (Fsp3) is 0.500. The Morgan fingerprint density at radius 3 is 2.76 bits per heavy atom. The first-order valence-corrected chi connectivity index (χ1v) is 11.5. The zero-order chi connectivity index (χ0) is 23.8. The smallest absolute Gasteiger partial charge is 0.425 e. The number of benzene rings is 1. The van der Waals surface area contributed by atoms with Crippen LogP contribution < -0.4 is 9.47 Å². The van der Waals surface area contributed by atoms with E-state index in [-0.39, 0.29) is 11.6 Å². The number of fused-ring (bicyclic) bond motifs is 2. The lowest BCUT2D eigenvalue weighted by Gasteiger charge is -2.46. The lowest BCUT2D eigenvalue weighted by molar-refractivity contribution is -0.135. The molecule has 5 nitrogen and oxygen atoms in total. The first-order chi connectivity index (χ1) is 15.8. The van der Waals surface area contributed by atoms with E-state index in [1.807, 2.05) is 18.2 Å². The van der Waals surface area contributed by atoms with Crippen LogP contribution in [0, 0.1) is 12.3 Å². The van der Waals surface area contributed by atoms with Crippen molar-refractivity contribution in [3.05, 3.63) is 44.6 Å². The molecule has 0 radical (unpaired) electrons. The number of hydrogen-bond donors (Lipinski definition) is 1. The van der Waals surface area contributed by atoms with Crippen molar-refractivity contribution in [2.24, 2.45) is 0 Å². The second-order valence-corrected chi connectivity index (χ2v) is 9.27. The summed E-state index contributed by atoms with van der Waals surface area (Å²) in [7, 11) is 3.18. The van der Waals surface area contributed by atoms with Crippen molar-refractivity contribution >= 4 is 11.3 Å². The van der Waals surface area contributed by atoms with Crippen molar-refractivity contribution in [3.63, 3.8) is 0 Å². The molecule has 1 fully saturated rings. The van der Waals surface area contributed by atoms with Crippen molar-refractivity contribution in [2.45, 2.75) is 50.2 Å². The SMILES string of the molecule is C#CC1C[C@]2(CCN1Cc1ccc(OC)cc1OC)OCCc1c2sc(C(F)(F)F)c1CO. The Labute approximate surface area is 195 Å². The summed E-state index contributed by atoms with van der Waals surface area (Å²) in [5.41, 5.74) is 0.621. The lowest BCUT2D eigenvalue weighted by Crippen LogP contribution is -2.50. The molecule has 178 valence electrons. The molecule has 33 heavy (non-hydrogen) atoms. The molecule has 3 heterocycles. The number of alkyl halides is 3. The standard InChI is InChI=1S/C24H26F3NO4S/c1-4-16-12-23(8-9-28(16)13-15-5-6-17(30-2)11-20(15)31-3)21-18(7-10-32-23)19(14-29)22(33-21)24(25,26)27/h1,5-6,11,16,29H,7-10,12-14H2,2-3H3/t16?,23-/m0/s1. The van der Waals surface area contributed by atoms with Crippen molar-refractivity contribution in [2.75, 3.05) is 27.4 Å². The molecule has 1 unspecified atom stereocenters. The van der Waals surface area contributed by atoms with E-state index >= 15 is 0 Å². The number of aliphatic hydroxyl groups is 1. The van der Waals surface area contributed by atoms with Crippen LogP contribution in [0.5, 0.6) is 11.5 Å². The van der Waals surface area contributed by atoms with Gasteiger partial charge in [0.1, 0.15) is 22.0 Å². The average molecular weight is 482 g/mol. The van der Waals surface area contributed by atoms with Gasteiger partial charge in [-0.25, -0.2) is 0 Å². The summed E-state index contributed by atoms with van der Waals surface area (Å²) in [5.74, 6) is 4.18. The number of likely N-dealkylation sites (tertiary alicyclic amines) is 1. The van der Waals surface area contributed by atoms with E-state index in [4.69, 9.17) is 20.6 Å². The molecule has 1 saturated heterocycles. The minimum atomic E-state index is -4.52. The van der Waals surface area contributed by atoms with Crippen LogP contribution in [0.2, 0.25) is 0 Å². The van der Waals surface area contributed by atoms with Gasteiger partial charge in [0.25, 0.3) is 0 Å². The zero-order valence-corrected chi connectivity index (χ0v) is 19.3. The molecule has 1 aromatic carbocycles. The zero-order valence-electron chi connectivity index (χ0n) is 18.5. The molecule has 0 saturated carbocycles. The molecule has 1 aromatic heterocycles. The fourth-order valence-electron chi connectivity index (χ4n) is 4.86. The Kier molecular flexibility index (Phi) is 6.65. The normalized spacial score (nSPS) is 23.2. The third-order valence-corrected chi connectivity index (χ3v) is 8.01. The first-order valence-electron chi connectivity index (χ1n) is 10.6. The van der Waals surface area contributed by atoms with Gasteiger partial charge in [0, 0.05) is 41.6 Å². The highest BCUT2D eigenvalue weighted by molar-refractivity contribution is 7.12. The summed E-state index contributed by atoms with van der Waals surface area (Å²) in [6.45, 7) is 0.749. The quantitative estimate of drug-likeness (QED) is 0.644. The van der Waals surface area contributed by atoms with Gasteiger partial charge < -0.3 is 19.3 Å². The number of thiophene rings is 1. The van der Waals surface area contributed by atoms with E-state index in [9.17, 15) is 18.3 Å². The maximum Gasteiger partial charge on any atom is 0.425 e. The molecular weight excluding hydrogens is 455 g/mol. The number of rotatable bonds is 5. The second kappa shape index (κ2) is 9.18. The minimum Gasteiger partial charge on any atom is -0.497 e. The number of ether oxygens (including phenoxy) is 3. The van der Waals surface area contributed by atoms with E-state index in [1.165, 1.54) is 0 Å². The van der Waals surface area contributed by atoms with Crippen LogP contribution >= 0.6 is 11.3 Å². The van der Waals surface area contributed by atoms with E-state index in [0.717, 1.165) is 5.56 Å². The van der Waals surface area contributed by atoms with E-state index in [0.29, 0.717) is 72.2 Å². The van der Waals surface area contributed by atoms with Crippen LogP contribution in [0.15, 0.2) is 18.2 Å². The van der Waals surface area contributed by atoms with Crippen molar-refractivity contribution in [1.82, 2.24) is 4.90 Å². The highest BCUT2D eigenvalue weighted by Gasteiger charge is 2.49. The minimum absolute atomic E-state index is 0.0205. The van der Waals surface area contributed by atoms with Gasteiger partial charge in [-0.1, -0.05) is 12.0 Å². The predicted molar refractivity (Wildman–Crippen MR) is 118 cm³/mol. The molecule has 2 atom stereocenters. The molecule has 1 spiro atoms. The van der Waals surface area contributed by atoms with E-state index in [2.05, 4.69) is 10.8 Å². The maximum absolute atomic E-state index is 13.6. The van der Waals surface area contributed by atoms with Gasteiger partial charge in [0.05, 0.1) is 33.5 Å². The molecular formula is C24H26F3NO4S. The summed E-state index contributed by atoms with van der Waals surface area (Å²) in [5, 5.41) is 9.71. The number of methoxy groups -OCH3 is 2. The summed E-state index contributed by atoms with van der Waals surface area (Å²) >= 11 is 0.696. The van der Waals surface area contributed by atoms with E-state index < -0.39 is 23.3 Å². The van der Waals surface area contributed by atoms with Crippen LogP contribution in [-0.2, 0) is 36.1 Å². The van der Waals surface area contributed by atoms with Gasteiger partial charge >= 0.3 is 6.18 Å². The topological polar surface area (TPSA) is 51.2 Å². The van der Waals surface area contributed by atoms with Crippen LogP contribution in [0.3, 0.4) is 0 Å². The Morgan fingerprint density at radius 2 is 2.12 bits per heavy atom. The summed E-state index contributed by atoms with van der Waals surface area (Å²) in [6, 6.07) is 5.26. The summed E-state index contributed by atoms with van der Waals surface area (Å²) < 4.78 is 57.9. The van der Waals surface area contributed by atoms with Gasteiger partial charge in [-0.2, -0.15) is 13.2 Å². The van der Waals surface area contributed by atoms with Crippen LogP contribution in [0.25, 0.3) is 0 Å². The number of halogens is 3. The molecule has 0 aliphatic carbocycles. The predicted octanol–water partition coefficient (Wildman–Crippen LogP) is 4.34. The van der Waals surface area contributed by atoms with Crippen LogP contribution in [-0.4, -0.2) is 43.4 Å². The molecule has 9 heteroatoms. The monoisotopic (exact) mass is 481 g/mol. The Balaban J connectivity index is 1.63. The third-order valence-electron chi connectivity index (χ3n) is 6.50. The average Bonchev–Trinajstić information content (AvgIpc) is 3.21. The van der Waals surface area contributed by atoms with Crippen molar-refractivity contribution in [3.8, 4) is 23.8 Å². The fourth-order valence-corrected chi connectivity index (χ4v) is 6.27. The largest absolute Gasteiger partial charge is 0.497 e. The number of piperidine rings is 1. The van der Waals surface area contributed by atoms with Crippen LogP contribution in [0.1, 0.15) is 39.3 Å². The Hall–Kier alpha value is -2.25. The maximum atomic E-state index is 13.6. The number of nitrogens with zero attached hydrogens (tertiary/aromatic N) is 1. The molecule has 4 rings (SSSR count). The second-order valence-electron chi connectivity index (χ2n) is 8.25. The van der Waals surface area contributed by atoms with Gasteiger partial charge in [-0.3, -0.25) is 4.90 Å². The first kappa shape index (κ1) is 23.9. The summed E-state index contributed by atoms with van der Waals surface area (Å²) in [4.78, 5) is 1.95. The highest BCUT2D eigenvalue weighted by atomic mass is 32.1.